The molecule has 2 heterocycles. The fourth-order valence-corrected chi connectivity index (χ4v) is 2.34. The van der Waals surface area contributed by atoms with Gasteiger partial charge in [-0.1, -0.05) is 0 Å². The number of alkyl carbamates (subject to hydrolysis) is 1. The van der Waals surface area contributed by atoms with E-state index in [9.17, 15) is 4.79 Å². The Bertz CT molecular complexity index is 380. The number of carbonyl (C=O) groups excluding carboxylic acids is 1. The van der Waals surface area contributed by atoms with Crippen molar-refractivity contribution < 1.29 is 13.9 Å². The average molecular weight is 253 g/mol. The molecule has 1 amide bonds. The number of nitrogens with two attached hydrogens (primary N) is 1. The molecule has 0 saturated carbocycles. The van der Waals surface area contributed by atoms with Crippen molar-refractivity contribution >= 4 is 6.09 Å². The number of hydrogen-bond acceptors (Lipinski definition) is 5. The molecule has 0 bridgehead atoms. The highest BCUT2D eigenvalue weighted by Gasteiger charge is 2.30. The Labute approximate surface area is 106 Å². The molecule has 100 valence electrons. The van der Waals surface area contributed by atoms with Crippen molar-refractivity contribution in [2.45, 2.75) is 18.5 Å². The van der Waals surface area contributed by atoms with Crippen molar-refractivity contribution in [1.29, 1.82) is 0 Å². The highest BCUT2D eigenvalue weighted by atomic mass is 16.5. The molecule has 2 rings (SSSR count). The van der Waals surface area contributed by atoms with Crippen molar-refractivity contribution in [3.05, 3.63) is 24.2 Å². The number of methoxy groups -OCH3 is 1. The minimum atomic E-state index is -0.385. The Hall–Kier alpha value is -1.53. The maximum Gasteiger partial charge on any atom is 0.407 e. The third kappa shape index (κ3) is 2.83. The van der Waals surface area contributed by atoms with E-state index in [0.29, 0.717) is 6.54 Å². The van der Waals surface area contributed by atoms with Crippen LogP contribution in [0, 0.1) is 0 Å². The van der Waals surface area contributed by atoms with Gasteiger partial charge in [0.2, 0.25) is 0 Å². The summed E-state index contributed by atoms with van der Waals surface area (Å²) in [5, 5.41) is 2.81. The molecule has 1 aromatic heterocycles. The first-order valence-corrected chi connectivity index (χ1v) is 6.06. The molecule has 3 N–H and O–H groups in total. The molecule has 1 aromatic rings. The summed E-state index contributed by atoms with van der Waals surface area (Å²) in [6.45, 7) is 2.15. The molecular formula is C12H19N3O3. The van der Waals surface area contributed by atoms with E-state index >= 15 is 0 Å². The summed E-state index contributed by atoms with van der Waals surface area (Å²) in [6.07, 6.45) is 2.16. The Morgan fingerprint density at radius 1 is 1.78 bits per heavy atom. The van der Waals surface area contributed by atoms with Gasteiger partial charge in [-0.25, -0.2) is 4.79 Å². The van der Waals surface area contributed by atoms with Crippen molar-refractivity contribution in [1.82, 2.24) is 10.2 Å². The molecule has 1 fully saturated rings. The second-order valence-corrected chi connectivity index (χ2v) is 4.38. The zero-order valence-corrected chi connectivity index (χ0v) is 10.5. The van der Waals surface area contributed by atoms with Crippen molar-refractivity contribution in [3.63, 3.8) is 0 Å². The molecule has 0 aromatic carbocycles. The number of ether oxygens (including phenoxy) is 1. The van der Waals surface area contributed by atoms with Gasteiger partial charge in [0.1, 0.15) is 5.76 Å². The zero-order valence-electron chi connectivity index (χ0n) is 10.5. The average Bonchev–Trinajstić information content (AvgIpc) is 3.02. The number of nitrogens with zero attached hydrogens (tertiary/aromatic N) is 1. The normalized spacial score (nSPS) is 21.8. The Kier molecular flexibility index (Phi) is 4.22. The summed E-state index contributed by atoms with van der Waals surface area (Å²) < 4.78 is 10.00. The molecule has 6 nitrogen and oxygen atoms in total. The van der Waals surface area contributed by atoms with Crippen LogP contribution in [0.4, 0.5) is 4.79 Å². The fraction of sp³-hybridized carbons (Fsp3) is 0.583. The summed E-state index contributed by atoms with van der Waals surface area (Å²) in [5.74, 6) is 0.871. The van der Waals surface area contributed by atoms with Crippen molar-refractivity contribution in [2.75, 3.05) is 26.7 Å². The monoisotopic (exact) mass is 253 g/mol. The first-order chi connectivity index (χ1) is 8.74. The quantitative estimate of drug-likeness (QED) is 0.826. The van der Waals surface area contributed by atoms with Crippen LogP contribution in [0.25, 0.3) is 0 Å². The largest absolute Gasteiger partial charge is 0.468 e. The first kappa shape index (κ1) is 12.9. The van der Waals surface area contributed by atoms with E-state index in [4.69, 9.17) is 10.2 Å². The Balaban J connectivity index is 1.93. The van der Waals surface area contributed by atoms with Gasteiger partial charge in [-0.15, -0.1) is 0 Å². The number of amides is 1. The summed E-state index contributed by atoms with van der Waals surface area (Å²) in [5.41, 5.74) is 5.80. The Morgan fingerprint density at radius 2 is 2.61 bits per heavy atom. The lowest BCUT2D eigenvalue weighted by Gasteiger charge is -2.24. The summed E-state index contributed by atoms with van der Waals surface area (Å²) >= 11 is 0. The second kappa shape index (κ2) is 5.88. The van der Waals surface area contributed by atoms with E-state index in [1.54, 1.807) is 6.26 Å². The van der Waals surface area contributed by atoms with Crippen LogP contribution in [0.5, 0.6) is 0 Å². The maximum atomic E-state index is 11.1. The number of carbonyl (C=O) groups is 1. The summed E-state index contributed by atoms with van der Waals surface area (Å²) in [4.78, 5) is 13.4. The molecule has 0 aliphatic carbocycles. The molecule has 1 saturated heterocycles. The zero-order chi connectivity index (χ0) is 13.0. The molecule has 0 radical (unpaired) electrons. The number of hydrogen-bond donors (Lipinski definition) is 2. The van der Waals surface area contributed by atoms with E-state index in [1.807, 2.05) is 12.1 Å². The molecule has 2 unspecified atom stereocenters. The molecule has 0 spiro atoms. The second-order valence-electron chi connectivity index (χ2n) is 4.38. The van der Waals surface area contributed by atoms with E-state index in [2.05, 4.69) is 15.0 Å². The standard InChI is InChI=1S/C12H19N3O3/c1-17-12(16)14-9-4-5-15(8-9)10(7-13)11-3-2-6-18-11/h2-3,6,9-10H,4-5,7-8,13H2,1H3,(H,14,16). The van der Waals surface area contributed by atoms with Crippen LogP contribution in [0.1, 0.15) is 18.2 Å². The minimum Gasteiger partial charge on any atom is -0.468 e. The lowest BCUT2D eigenvalue weighted by Crippen LogP contribution is -2.38. The lowest BCUT2D eigenvalue weighted by atomic mass is 10.2. The van der Waals surface area contributed by atoms with Crippen LogP contribution in [0.2, 0.25) is 0 Å². The van der Waals surface area contributed by atoms with Gasteiger partial charge in [0.05, 0.1) is 19.4 Å². The van der Waals surface area contributed by atoms with Gasteiger partial charge in [0.15, 0.2) is 0 Å². The van der Waals surface area contributed by atoms with Gasteiger partial charge in [-0.05, 0) is 18.6 Å². The highest BCUT2D eigenvalue weighted by molar-refractivity contribution is 5.67. The first-order valence-electron chi connectivity index (χ1n) is 6.06. The highest BCUT2D eigenvalue weighted by Crippen LogP contribution is 2.24. The van der Waals surface area contributed by atoms with E-state index in [0.717, 1.165) is 25.3 Å². The number of furan rings is 1. The fourth-order valence-electron chi connectivity index (χ4n) is 2.34. The topological polar surface area (TPSA) is 80.7 Å². The number of rotatable bonds is 4. The SMILES string of the molecule is COC(=O)NC1CCN(C(CN)c2ccco2)C1. The van der Waals surface area contributed by atoms with E-state index in [1.165, 1.54) is 7.11 Å². The van der Waals surface area contributed by atoms with Crippen molar-refractivity contribution in [3.8, 4) is 0 Å². The van der Waals surface area contributed by atoms with Crippen LogP contribution in [-0.4, -0.2) is 43.8 Å². The predicted octanol–water partition coefficient (Wildman–Crippen LogP) is 0.710. The third-order valence-electron chi connectivity index (χ3n) is 3.26. The molecule has 1 aliphatic rings. The third-order valence-corrected chi connectivity index (χ3v) is 3.26. The van der Waals surface area contributed by atoms with Gasteiger partial charge >= 0.3 is 6.09 Å². The summed E-state index contributed by atoms with van der Waals surface area (Å²) in [7, 11) is 1.37. The molecular weight excluding hydrogens is 234 g/mol. The maximum absolute atomic E-state index is 11.1. The van der Waals surface area contributed by atoms with Gasteiger partial charge in [0.25, 0.3) is 0 Å². The van der Waals surface area contributed by atoms with Crippen LogP contribution >= 0.6 is 0 Å². The van der Waals surface area contributed by atoms with E-state index < -0.39 is 0 Å². The van der Waals surface area contributed by atoms with E-state index in [-0.39, 0.29) is 18.2 Å². The molecule has 18 heavy (non-hydrogen) atoms. The van der Waals surface area contributed by atoms with Crippen LogP contribution in [0.3, 0.4) is 0 Å². The summed E-state index contributed by atoms with van der Waals surface area (Å²) in [6, 6.07) is 3.97. The van der Waals surface area contributed by atoms with Crippen LogP contribution < -0.4 is 11.1 Å². The Morgan fingerprint density at radius 3 is 3.22 bits per heavy atom. The molecule has 6 heteroatoms. The van der Waals surface area contributed by atoms with Gasteiger partial charge in [0, 0.05) is 25.7 Å². The smallest absolute Gasteiger partial charge is 0.407 e. The predicted molar refractivity (Wildman–Crippen MR) is 66.0 cm³/mol. The van der Waals surface area contributed by atoms with Crippen LogP contribution in [0.15, 0.2) is 22.8 Å². The molecule has 2 atom stereocenters. The minimum absolute atomic E-state index is 0.0736. The number of nitrogens with one attached hydrogen (secondary N) is 1. The lowest BCUT2D eigenvalue weighted by molar-refractivity contribution is 0.164. The van der Waals surface area contributed by atoms with Gasteiger partial charge in [-0.3, -0.25) is 4.90 Å². The number of likely N-dealkylation sites (tertiary alicyclic amines) is 1. The molecule has 1 aliphatic heterocycles. The van der Waals surface area contributed by atoms with Gasteiger partial charge in [-0.2, -0.15) is 0 Å². The van der Waals surface area contributed by atoms with Crippen LogP contribution in [-0.2, 0) is 4.74 Å². The van der Waals surface area contributed by atoms with Gasteiger partial charge < -0.3 is 20.2 Å². The van der Waals surface area contributed by atoms with Crippen molar-refractivity contribution in [2.24, 2.45) is 5.73 Å².